The van der Waals surface area contributed by atoms with Crippen molar-refractivity contribution in [2.75, 3.05) is 6.61 Å². The highest BCUT2D eigenvalue weighted by molar-refractivity contribution is 6.32. The SMILES string of the molecule is Cl.N[C@H]1CCOc2c1ccc(F)c2Cl. The molecule has 0 radical (unpaired) electrons. The standard InChI is InChI=1S/C9H9ClFNO.ClH/c10-8-6(11)2-1-5-7(12)3-4-13-9(5)8;/h1-2,7H,3-4,12H2;1H/t7-;/m0./s1. The highest BCUT2D eigenvalue weighted by Crippen LogP contribution is 2.37. The molecule has 0 aliphatic carbocycles. The zero-order valence-electron chi connectivity index (χ0n) is 7.30. The average Bonchev–Trinajstić information content (AvgIpc) is 2.12. The molecular weight excluding hydrogens is 228 g/mol. The maximum Gasteiger partial charge on any atom is 0.145 e. The first-order valence-electron chi connectivity index (χ1n) is 4.06. The molecule has 0 amide bonds. The molecule has 0 fully saturated rings. The number of fused-ring (bicyclic) bond motifs is 1. The highest BCUT2D eigenvalue weighted by Gasteiger charge is 2.22. The van der Waals surface area contributed by atoms with Crippen LogP contribution in [-0.2, 0) is 0 Å². The molecule has 0 spiro atoms. The lowest BCUT2D eigenvalue weighted by Crippen LogP contribution is -2.20. The van der Waals surface area contributed by atoms with Crippen LogP contribution in [0.5, 0.6) is 5.75 Å². The predicted molar refractivity (Wildman–Crippen MR) is 55.7 cm³/mol. The maximum atomic E-state index is 13.0. The average molecular weight is 238 g/mol. The number of hydrogen-bond donors (Lipinski definition) is 1. The molecule has 1 aliphatic rings. The van der Waals surface area contributed by atoms with E-state index in [9.17, 15) is 4.39 Å². The summed E-state index contributed by atoms with van der Waals surface area (Å²) >= 11 is 5.72. The third kappa shape index (κ3) is 1.80. The fraction of sp³-hybridized carbons (Fsp3) is 0.333. The molecule has 0 saturated heterocycles. The Morgan fingerprint density at radius 1 is 1.50 bits per heavy atom. The summed E-state index contributed by atoms with van der Waals surface area (Å²) < 4.78 is 18.2. The van der Waals surface area contributed by atoms with Crippen molar-refractivity contribution in [3.05, 3.63) is 28.5 Å². The van der Waals surface area contributed by atoms with E-state index in [1.807, 2.05) is 0 Å². The van der Waals surface area contributed by atoms with E-state index < -0.39 is 5.82 Å². The van der Waals surface area contributed by atoms with Gasteiger partial charge < -0.3 is 10.5 Å². The van der Waals surface area contributed by atoms with Crippen molar-refractivity contribution in [3.63, 3.8) is 0 Å². The third-order valence-corrected chi connectivity index (χ3v) is 2.51. The van der Waals surface area contributed by atoms with Gasteiger partial charge in [0.2, 0.25) is 0 Å². The van der Waals surface area contributed by atoms with Gasteiger partial charge in [-0.2, -0.15) is 0 Å². The number of rotatable bonds is 0. The molecule has 14 heavy (non-hydrogen) atoms. The van der Waals surface area contributed by atoms with Gasteiger partial charge >= 0.3 is 0 Å². The van der Waals surface area contributed by atoms with Gasteiger partial charge in [-0.15, -0.1) is 12.4 Å². The quantitative estimate of drug-likeness (QED) is 0.754. The van der Waals surface area contributed by atoms with E-state index in [1.165, 1.54) is 6.07 Å². The molecular formula is C9H10Cl2FNO. The minimum absolute atomic E-state index is 0. The third-order valence-electron chi connectivity index (χ3n) is 2.16. The minimum Gasteiger partial charge on any atom is -0.491 e. The Morgan fingerprint density at radius 2 is 2.21 bits per heavy atom. The first-order valence-corrected chi connectivity index (χ1v) is 4.44. The van der Waals surface area contributed by atoms with Crippen molar-refractivity contribution in [1.29, 1.82) is 0 Å². The molecule has 2 nitrogen and oxygen atoms in total. The number of halogens is 3. The second-order valence-corrected chi connectivity index (χ2v) is 3.40. The lowest BCUT2D eigenvalue weighted by atomic mass is 10.0. The van der Waals surface area contributed by atoms with Gasteiger partial charge in [0.25, 0.3) is 0 Å². The minimum atomic E-state index is -0.463. The van der Waals surface area contributed by atoms with E-state index >= 15 is 0 Å². The summed E-state index contributed by atoms with van der Waals surface area (Å²) in [6.07, 6.45) is 0.745. The van der Waals surface area contributed by atoms with Crippen molar-refractivity contribution in [3.8, 4) is 5.75 Å². The van der Waals surface area contributed by atoms with Crippen LogP contribution in [0.25, 0.3) is 0 Å². The maximum absolute atomic E-state index is 13.0. The summed E-state index contributed by atoms with van der Waals surface area (Å²) in [6.45, 7) is 0.497. The van der Waals surface area contributed by atoms with Crippen molar-refractivity contribution >= 4 is 24.0 Å². The van der Waals surface area contributed by atoms with Crippen LogP contribution in [0.4, 0.5) is 4.39 Å². The van der Waals surface area contributed by atoms with Crippen LogP contribution in [0, 0.1) is 5.82 Å². The molecule has 0 unspecified atom stereocenters. The second-order valence-electron chi connectivity index (χ2n) is 3.02. The van der Waals surface area contributed by atoms with Crippen molar-refractivity contribution in [1.82, 2.24) is 0 Å². The van der Waals surface area contributed by atoms with E-state index in [0.717, 1.165) is 12.0 Å². The van der Waals surface area contributed by atoms with Crippen LogP contribution >= 0.6 is 24.0 Å². The highest BCUT2D eigenvalue weighted by atomic mass is 35.5. The lowest BCUT2D eigenvalue weighted by Gasteiger charge is -2.23. The Labute approximate surface area is 92.6 Å². The molecule has 0 saturated carbocycles. The van der Waals surface area contributed by atoms with Gasteiger partial charge in [0, 0.05) is 18.0 Å². The molecule has 2 rings (SSSR count). The fourth-order valence-electron chi connectivity index (χ4n) is 1.43. The Hall–Kier alpha value is -0.510. The molecule has 78 valence electrons. The van der Waals surface area contributed by atoms with E-state index in [2.05, 4.69) is 0 Å². The van der Waals surface area contributed by atoms with E-state index in [0.29, 0.717) is 12.4 Å². The molecule has 1 aromatic rings. The normalized spacial score (nSPS) is 19.2. The predicted octanol–water partition coefficient (Wildman–Crippen LogP) is 2.68. The Morgan fingerprint density at radius 3 is 2.93 bits per heavy atom. The zero-order valence-corrected chi connectivity index (χ0v) is 8.87. The van der Waals surface area contributed by atoms with Crippen LogP contribution in [0.2, 0.25) is 5.02 Å². The van der Waals surface area contributed by atoms with Gasteiger partial charge in [0.15, 0.2) is 0 Å². The smallest absolute Gasteiger partial charge is 0.145 e. The lowest BCUT2D eigenvalue weighted by molar-refractivity contribution is 0.267. The topological polar surface area (TPSA) is 35.2 Å². The number of nitrogens with two attached hydrogens (primary N) is 1. The molecule has 2 N–H and O–H groups in total. The van der Waals surface area contributed by atoms with Crippen molar-refractivity contribution < 1.29 is 9.13 Å². The van der Waals surface area contributed by atoms with Crippen LogP contribution in [-0.4, -0.2) is 6.61 Å². The molecule has 5 heteroatoms. The number of benzene rings is 1. The summed E-state index contributed by atoms with van der Waals surface area (Å²) in [5, 5.41) is 0.0349. The van der Waals surface area contributed by atoms with E-state index in [-0.39, 0.29) is 23.5 Å². The van der Waals surface area contributed by atoms with Crippen LogP contribution in [0.1, 0.15) is 18.0 Å². The summed E-state index contributed by atoms with van der Waals surface area (Å²) in [4.78, 5) is 0. The summed E-state index contributed by atoms with van der Waals surface area (Å²) in [5.41, 5.74) is 6.59. The molecule has 1 atom stereocenters. The number of hydrogen-bond acceptors (Lipinski definition) is 2. The molecule has 0 aromatic heterocycles. The largest absolute Gasteiger partial charge is 0.491 e. The Kier molecular flexibility index (Phi) is 3.59. The van der Waals surface area contributed by atoms with Crippen LogP contribution in [0.3, 0.4) is 0 Å². The van der Waals surface area contributed by atoms with Gasteiger partial charge in [0.1, 0.15) is 16.6 Å². The Bertz CT molecular complexity index is 346. The van der Waals surface area contributed by atoms with Crippen LogP contribution in [0.15, 0.2) is 12.1 Å². The van der Waals surface area contributed by atoms with Crippen molar-refractivity contribution in [2.45, 2.75) is 12.5 Å². The second kappa shape index (κ2) is 4.34. The van der Waals surface area contributed by atoms with Gasteiger partial charge in [-0.05, 0) is 6.07 Å². The zero-order chi connectivity index (χ0) is 9.42. The fourth-order valence-corrected chi connectivity index (χ4v) is 1.66. The van der Waals surface area contributed by atoms with E-state index in [4.69, 9.17) is 22.1 Å². The number of ether oxygens (including phenoxy) is 1. The summed E-state index contributed by atoms with van der Waals surface area (Å²) in [7, 11) is 0. The first-order chi connectivity index (χ1) is 6.20. The molecule has 1 heterocycles. The van der Waals surface area contributed by atoms with Crippen LogP contribution < -0.4 is 10.5 Å². The first kappa shape index (κ1) is 11.6. The van der Waals surface area contributed by atoms with Crippen molar-refractivity contribution in [2.24, 2.45) is 5.73 Å². The Balaban J connectivity index is 0.000000980. The molecule has 1 aliphatic heterocycles. The van der Waals surface area contributed by atoms with E-state index in [1.54, 1.807) is 6.07 Å². The summed E-state index contributed by atoms with van der Waals surface area (Å²) in [6, 6.07) is 2.85. The molecule has 0 bridgehead atoms. The monoisotopic (exact) mass is 237 g/mol. The van der Waals surface area contributed by atoms with Gasteiger partial charge in [0.05, 0.1) is 6.61 Å². The van der Waals surface area contributed by atoms with Gasteiger partial charge in [-0.3, -0.25) is 0 Å². The van der Waals surface area contributed by atoms with Gasteiger partial charge in [-0.25, -0.2) is 4.39 Å². The molecule has 1 aromatic carbocycles. The summed E-state index contributed by atoms with van der Waals surface area (Å²) in [5.74, 6) is -0.0602. The van der Waals surface area contributed by atoms with Gasteiger partial charge in [-0.1, -0.05) is 17.7 Å².